The molecule has 0 amide bonds. The van der Waals surface area contributed by atoms with Gasteiger partial charge in [-0.25, -0.2) is 0 Å². The van der Waals surface area contributed by atoms with Crippen molar-refractivity contribution in [2.24, 2.45) is 11.8 Å². The molecule has 2 aromatic carbocycles. The zero-order valence-corrected chi connectivity index (χ0v) is 21.3. The summed E-state index contributed by atoms with van der Waals surface area (Å²) < 4.78 is 17.1. The highest BCUT2D eigenvalue weighted by atomic mass is 16.5. The summed E-state index contributed by atoms with van der Waals surface area (Å²) in [5, 5.41) is 13.4. The number of methoxy groups -OCH3 is 2. The monoisotopic (exact) mass is 487 g/mol. The predicted molar refractivity (Wildman–Crippen MR) is 139 cm³/mol. The van der Waals surface area contributed by atoms with Crippen molar-refractivity contribution in [3.63, 3.8) is 0 Å². The number of benzene rings is 2. The van der Waals surface area contributed by atoms with E-state index in [-0.39, 0.29) is 0 Å². The third-order valence-corrected chi connectivity index (χ3v) is 7.63. The van der Waals surface area contributed by atoms with Crippen molar-refractivity contribution in [1.29, 1.82) is 0 Å². The Hall–Kier alpha value is -3.36. The summed E-state index contributed by atoms with van der Waals surface area (Å²) in [5.41, 5.74) is 5.39. The van der Waals surface area contributed by atoms with Gasteiger partial charge in [0.1, 0.15) is 0 Å². The molecule has 2 aromatic heterocycles. The third kappa shape index (κ3) is 4.04. The van der Waals surface area contributed by atoms with Crippen LogP contribution in [0.4, 0.5) is 0 Å². The van der Waals surface area contributed by atoms with Crippen LogP contribution in [0.1, 0.15) is 31.2 Å². The summed E-state index contributed by atoms with van der Waals surface area (Å²) in [6.07, 6.45) is 0. The molecule has 4 aromatic rings. The molecule has 2 fully saturated rings. The number of fused-ring (bicyclic) bond motifs is 2. The maximum absolute atomic E-state index is 6.13. The van der Waals surface area contributed by atoms with Gasteiger partial charge in [-0.1, -0.05) is 13.8 Å². The summed E-state index contributed by atoms with van der Waals surface area (Å²) in [5.74, 6) is 4.47. The second-order valence-electron chi connectivity index (χ2n) is 10.3. The minimum atomic E-state index is 0.305. The Bertz CT molecular complexity index is 1380. The molecule has 0 bridgehead atoms. The highest BCUT2D eigenvalue weighted by Gasteiger charge is 2.36. The van der Waals surface area contributed by atoms with Gasteiger partial charge < -0.3 is 24.2 Å². The fourth-order valence-electron chi connectivity index (χ4n) is 5.87. The second-order valence-corrected chi connectivity index (χ2v) is 10.3. The number of H-pyrrole nitrogens is 1. The lowest BCUT2D eigenvalue weighted by molar-refractivity contribution is 0.273. The van der Waals surface area contributed by atoms with E-state index in [1.54, 1.807) is 14.2 Å². The first-order chi connectivity index (χ1) is 17.5. The van der Waals surface area contributed by atoms with E-state index in [1.807, 2.05) is 18.2 Å². The molecule has 2 aliphatic rings. The lowest BCUT2D eigenvalue weighted by Gasteiger charge is -2.13. The molecule has 8 heteroatoms. The number of aromatic amines is 1. The van der Waals surface area contributed by atoms with Crippen LogP contribution in [0.5, 0.6) is 11.5 Å². The quantitative estimate of drug-likeness (QED) is 0.391. The largest absolute Gasteiger partial charge is 0.493 e. The minimum Gasteiger partial charge on any atom is -0.493 e. The second kappa shape index (κ2) is 9.26. The number of hydrogen-bond donors (Lipinski definition) is 2. The SMILES string of the molecule is COc1ccc(-c2[nH]c3ccc(-c4nnc(CN5CC6CNCC6C5)o4)cc3c2C(C)C)cc1OC. The topological polar surface area (TPSA) is 88.4 Å². The number of nitrogens with zero attached hydrogens (tertiary/aromatic N) is 3. The fraction of sp³-hybridized carbons (Fsp3) is 0.429. The van der Waals surface area contributed by atoms with Crippen LogP contribution >= 0.6 is 0 Å². The van der Waals surface area contributed by atoms with Gasteiger partial charge in [0.2, 0.25) is 11.8 Å². The molecule has 0 radical (unpaired) electrons. The number of likely N-dealkylation sites (tertiary alicyclic amines) is 1. The van der Waals surface area contributed by atoms with Crippen molar-refractivity contribution in [1.82, 2.24) is 25.4 Å². The van der Waals surface area contributed by atoms with Crippen molar-refractivity contribution in [3.05, 3.63) is 47.9 Å². The van der Waals surface area contributed by atoms with Gasteiger partial charge in [-0.3, -0.25) is 4.90 Å². The Morgan fingerprint density at radius 2 is 1.72 bits per heavy atom. The van der Waals surface area contributed by atoms with Gasteiger partial charge in [-0.15, -0.1) is 10.2 Å². The zero-order valence-electron chi connectivity index (χ0n) is 21.3. The molecule has 2 aliphatic heterocycles. The van der Waals surface area contributed by atoms with Crippen LogP contribution < -0.4 is 14.8 Å². The van der Waals surface area contributed by atoms with Crippen LogP contribution in [0.2, 0.25) is 0 Å². The maximum atomic E-state index is 6.13. The normalized spacial score (nSPS) is 19.9. The molecule has 0 spiro atoms. The van der Waals surface area contributed by atoms with E-state index >= 15 is 0 Å². The van der Waals surface area contributed by atoms with Gasteiger partial charge in [0.05, 0.1) is 26.5 Å². The molecular weight excluding hydrogens is 454 g/mol. The van der Waals surface area contributed by atoms with Gasteiger partial charge in [0.25, 0.3) is 0 Å². The van der Waals surface area contributed by atoms with Crippen LogP contribution in [0.3, 0.4) is 0 Å². The smallest absolute Gasteiger partial charge is 0.247 e. The lowest BCUT2D eigenvalue weighted by atomic mass is 9.95. The number of ether oxygens (including phenoxy) is 2. The van der Waals surface area contributed by atoms with E-state index in [0.29, 0.717) is 35.7 Å². The van der Waals surface area contributed by atoms with Gasteiger partial charge in [-0.2, -0.15) is 0 Å². The van der Waals surface area contributed by atoms with Crippen molar-refractivity contribution >= 4 is 10.9 Å². The Labute approximate surface area is 211 Å². The molecular formula is C28H33N5O3. The van der Waals surface area contributed by atoms with Crippen molar-refractivity contribution in [2.45, 2.75) is 26.3 Å². The van der Waals surface area contributed by atoms with E-state index in [0.717, 1.165) is 65.7 Å². The number of rotatable bonds is 7. The molecule has 2 N–H and O–H groups in total. The van der Waals surface area contributed by atoms with E-state index in [9.17, 15) is 0 Å². The lowest BCUT2D eigenvalue weighted by Crippen LogP contribution is -2.25. The van der Waals surface area contributed by atoms with Crippen molar-refractivity contribution in [3.8, 4) is 34.2 Å². The third-order valence-electron chi connectivity index (χ3n) is 7.63. The molecule has 2 atom stereocenters. The van der Waals surface area contributed by atoms with E-state index in [4.69, 9.17) is 13.9 Å². The molecule has 36 heavy (non-hydrogen) atoms. The summed E-state index contributed by atoms with van der Waals surface area (Å²) >= 11 is 0. The van der Waals surface area contributed by atoms with Crippen LogP contribution in [0.15, 0.2) is 40.8 Å². The molecule has 2 saturated heterocycles. The van der Waals surface area contributed by atoms with Crippen LogP contribution in [-0.2, 0) is 6.54 Å². The number of aromatic nitrogens is 3. The summed E-state index contributed by atoms with van der Waals surface area (Å²) in [7, 11) is 3.31. The fourth-order valence-corrected chi connectivity index (χ4v) is 5.87. The number of hydrogen-bond acceptors (Lipinski definition) is 7. The highest BCUT2D eigenvalue weighted by Crippen LogP contribution is 2.40. The van der Waals surface area contributed by atoms with Gasteiger partial charge >= 0.3 is 0 Å². The highest BCUT2D eigenvalue weighted by molar-refractivity contribution is 5.94. The molecule has 0 aliphatic carbocycles. The Kier molecular flexibility index (Phi) is 5.93. The standard InChI is InChI=1S/C28H33N5O3/c1-16(2)26-21-9-18(28-32-31-25(36-28)15-33-13-19-11-29-12-20(19)14-33)5-7-22(21)30-27(26)17-6-8-23(34-3)24(10-17)35-4/h5-10,16,19-20,29-30H,11-15H2,1-4H3. The van der Waals surface area contributed by atoms with Crippen molar-refractivity contribution < 1.29 is 13.9 Å². The summed E-state index contributed by atoms with van der Waals surface area (Å²) in [6.45, 7) is 9.58. The maximum Gasteiger partial charge on any atom is 0.247 e. The van der Waals surface area contributed by atoms with Gasteiger partial charge in [-0.05, 0) is 72.8 Å². The minimum absolute atomic E-state index is 0.305. The van der Waals surface area contributed by atoms with Crippen molar-refractivity contribution in [2.75, 3.05) is 40.4 Å². The Balaban J connectivity index is 1.31. The number of nitrogens with one attached hydrogen (secondary N) is 2. The molecule has 4 heterocycles. The molecule has 6 rings (SSSR count). The average molecular weight is 488 g/mol. The van der Waals surface area contributed by atoms with E-state index in [1.165, 1.54) is 5.56 Å². The molecule has 188 valence electrons. The van der Waals surface area contributed by atoms with E-state index < -0.39 is 0 Å². The molecule has 2 unspecified atom stereocenters. The van der Waals surface area contributed by atoms with Gasteiger partial charge in [0, 0.05) is 35.1 Å². The summed E-state index contributed by atoms with van der Waals surface area (Å²) in [4.78, 5) is 6.07. The van der Waals surface area contributed by atoms with Crippen LogP contribution in [0.25, 0.3) is 33.6 Å². The zero-order chi connectivity index (χ0) is 24.8. The Morgan fingerprint density at radius 1 is 0.972 bits per heavy atom. The summed E-state index contributed by atoms with van der Waals surface area (Å²) in [6, 6.07) is 12.3. The molecule has 8 nitrogen and oxygen atoms in total. The Morgan fingerprint density at radius 3 is 2.44 bits per heavy atom. The van der Waals surface area contributed by atoms with Crippen LogP contribution in [-0.4, -0.2) is 60.5 Å². The first-order valence-corrected chi connectivity index (χ1v) is 12.7. The van der Waals surface area contributed by atoms with E-state index in [2.05, 4.69) is 57.4 Å². The average Bonchev–Trinajstić information content (AvgIpc) is 3.66. The van der Waals surface area contributed by atoms with Crippen LogP contribution in [0, 0.1) is 11.8 Å². The predicted octanol–water partition coefficient (Wildman–Crippen LogP) is 4.68. The van der Waals surface area contributed by atoms with Gasteiger partial charge in [0.15, 0.2) is 11.5 Å². The first kappa shape index (κ1) is 23.1. The molecule has 0 saturated carbocycles. The first-order valence-electron chi connectivity index (χ1n) is 12.7.